The smallest absolute Gasteiger partial charge is 0.227 e. The van der Waals surface area contributed by atoms with Gasteiger partial charge in [0.2, 0.25) is 5.91 Å². The number of hydrogen-bond acceptors (Lipinski definition) is 1. The number of nitrogens with zero attached hydrogens (tertiary/aromatic N) is 1. The van der Waals surface area contributed by atoms with E-state index in [0.717, 1.165) is 29.4 Å². The molecule has 0 bridgehead atoms. The normalized spacial score (nSPS) is 17.8. The van der Waals surface area contributed by atoms with Crippen LogP contribution in [0.5, 0.6) is 0 Å². The third-order valence-electron chi connectivity index (χ3n) is 4.25. The number of para-hydroxylation sites is 1. The van der Waals surface area contributed by atoms with E-state index in [0.29, 0.717) is 12.5 Å². The lowest BCUT2D eigenvalue weighted by molar-refractivity contribution is -0.130. The fourth-order valence-electron chi connectivity index (χ4n) is 3.07. The molecule has 1 amide bonds. The van der Waals surface area contributed by atoms with E-state index in [9.17, 15) is 4.79 Å². The highest BCUT2D eigenvalue weighted by Crippen LogP contribution is 2.21. The lowest BCUT2D eigenvalue weighted by atomic mass is 10.1. The summed E-state index contributed by atoms with van der Waals surface area (Å²) in [7, 11) is 0. The predicted molar refractivity (Wildman–Crippen MR) is 86.2 cm³/mol. The maximum atomic E-state index is 12.6. The number of H-pyrrole nitrogens is 1. The number of fused-ring (bicyclic) bond motifs is 1. The molecule has 0 saturated heterocycles. The molecule has 21 heavy (non-hydrogen) atoms. The van der Waals surface area contributed by atoms with Gasteiger partial charge in [-0.05, 0) is 18.1 Å². The van der Waals surface area contributed by atoms with E-state index >= 15 is 0 Å². The van der Waals surface area contributed by atoms with Crippen molar-refractivity contribution in [2.24, 2.45) is 0 Å². The second-order valence-corrected chi connectivity index (χ2v) is 5.72. The van der Waals surface area contributed by atoms with Gasteiger partial charge in [-0.1, -0.05) is 50.1 Å². The van der Waals surface area contributed by atoms with Gasteiger partial charge in [0.15, 0.2) is 0 Å². The van der Waals surface area contributed by atoms with Crippen LogP contribution in [0, 0.1) is 0 Å². The maximum Gasteiger partial charge on any atom is 0.227 e. The van der Waals surface area contributed by atoms with Crippen molar-refractivity contribution < 1.29 is 4.79 Å². The van der Waals surface area contributed by atoms with E-state index in [4.69, 9.17) is 0 Å². The molecule has 0 aliphatic carbocycles. The summed E-state index contributed by atoms with van der Waals surface area (Å²) < 4.78 is 0. The van der Waals surface area contributed by atoms with Crippen molar-refractivity contribution in [3.05, 3.63) is 48.2 Å². The summed E-state index contributed by atoms with van der Waals surface area (Å²) in [5, 5.41) is 1.16. The highest BCUT2D eigenvalue weighted by atomic mass is 16.2. The van der Waals surface area contributed by atoms with Gasteiger partial charge in [-0.15, -0.1) is 0 Å². The summed E-state index contributed by atoms with van der Waals surface area (Å²) in [5.74, 6) is 0.228. The van der Waals surface area contributed by atoms with Gasteiger partial charge in [0.05, 0.1) is 12.5 Å². The number of unbranched alkanes of at least 4 members (excludes halogenated alkanes) is 1. The highest BCUT2D eigenvalue weighted by Gasteiger charge is 2.24. The molecule has 1 aromatic heterocycles. The third kappa shape index (κ3) is 2.87. The fourth-order valence-corrected chi connectivity index (χ4v) is 3.07. The zero-order valence-corrected chi connectivity index (χ0v) is 12.5. The number of carbonyl (C=O) groups is 1. The van der Waals surface area contributed by atoms with Crippen molar-refractivity contribution in [1.82, 2.24) is 9.88 Å². The van der Waals surface area contributed by atoms with Crippen LogP contribution in [0.2, 0.25) is 0 Å². The second-order valence-electron chi connectivity index (χ2n) is 5.72. The van der Waals surface area contributed by atoms with E-state index in [2.05, 4.69) is 30.1 Å². The summed E-state index contributed by atoms with van der Waals surface area (Å²) in [5.41, 5.74) is 2.19. The van der Waals surface area contributed by atoms with E-state index in [1.54, 1.807) is 0 Å². The van der Waals surface area contributed by atoms with Gasteiger partial charge in [-0.3, -0.25) is 4.79 Å². The van der Waals surface area contributed by atoms with Gasteiger partial charge in [-0.25, -0.2) is 0 Å². The Morgan fingerprint density at radius 2 is 2.24 bits per heavy atom. The van der Waals surface area contributed by atoms with Crippen LogP contribution in [0.4, 0.5) is 0 Å². The fraction of sp³-hybridized carbons (Fsp3) is 0.389. The second kappa shape index (κ2) is 6.17. The largest absolute Gasteiger partial charge is 0.361 e. The summed E-state index contributed by atoms with van der Waals surface area (Å²) in [6.07, 6.45) is 10.2. The molecule has 3 heteroatoms. The molecule has 0 saturated carbocycles. The van der Waals surface area contributed by atoms with Gasteiger partial charge in [0.25, 0.3) is 0 Å². The molecular weight excluding hydrogens is 260 g/mol. The molecule has 3 rings (SSSR count). The van der Waals surface area contributed by atoms with E-state index in [-0.39, 0.29) is 5.91 Å². The number of hydrogen-bond donors (Lipinski definition) is 1. The molecule has 3 nitrogen and oxygen atoms in total. The molecule has 1 N–H and O–H groups in total. The molecule has 0 radical (unpaired) electrons. The number of aromatic nitrogens is 1. The predicted octanol–water partition coefficient (Wildman–Crippen LogP) is 3.67. The van der Waals surface area contributed by atoms with Crippen molar-refractivity contribution in [1.29, 1.82) is 0 Å². The van der Waals surface area contributed by atoms with Crippen LogP contribution in [0.1, 0.15) is 31.7 Å². The first-order chi connectivity index (χ1) is 10.3. The Labute approximate surface area is 125 Å². The van der Waals surface area contributed by atoms with Gasteiger partial charge in [-0.2, -0.15) is 0 Å². The first kappa shape index (κ1) is 13.9. The standard InChI is InChI=1S/C18H22N2O/c1-2-3-7-15-8-6-11-20(15)18(21)12-14-13-19-17-10-5-4-9-16(14)17/h4-6,8-10,13,15,19H,2-3,7,11-12H2,1H3. The molecule has 1 aliphatic rings. The van der Waals surface area contributed by atoms with Crippen LogP contribution in [0.3, 0.4) is 0 Å². The van der Waals surface area contributed by atoms with Gasteiger partial charge in [0, 0.05) is 23.6 Å². The first-order valence-electron chi connectivity index (χ1n) is 7.80. The van der Waals surface area contributed by atoms with Crippen molar-refractivity contribution in [2.75, 3.05) is 6.54 Å². The molecule has 0 spiro atoms. The van der Waals surface area contributed by atoms with Gasteiger partial charge >= 0.3 is 0 Å². The molecule has 1 aliphatic heterocycles. The lowest BCUT2D eigenvalue weighted by Crippen LogP contribution is -2.37. The van der Waals surface area contributed by atoms with Crippen molar-refractivity contribution in [2.45, 2.75) is 38.6 Å². The SMILES string of the molecule is CCCCC1C=CCN1C(=O)Cc1c[nH]c2ccccc12. The minimum Gasteiger partial charge on any atom is -0.361 e. The number of benzene rings is 1. The Bertz CT molecular complexity index is 656. The minimum absolute atomic E-state index is 0.228. The Kier molecular flexibility index (Phi) is 4.09. The van der Waals surface area contributed by atoms with Crippen molar-refractivity contribution in [3.63, 3.8) is 0 Å². The maximum absolute atomic E-state index is 12.6. The third-order valence-corrected chi connectivity index (χ3v) is 4.25. The topological polar surface area (TPSA) is 36.1 Å². The summed E-state index contributed by atoms with van der Waals surface area (Å²) in [6, 6.07) is 8.44. The quantitative estimate of drug-likeness (QED) is 0.835. The Balaban J connectivity index is 1.71. The zero-order valence-electron chi connectivity index (χ0n) is 12.5. The number of amides is 1. The average molecular weight is 282 g/mol. The van der Waals surface area contributed by atoms with Crippen molar-refractivity contribution >= 4 is 16.8 Å². The zero-order chi connectivity index (χ0) is 14.7. The first-order valence-corrected chi connectivity index (χ1v) is 7.80. The monoisotopic (exact) mass is 282 g/mol. The van der Waals surface area contributed by atoms with E-state index in [1.165, 1.54) is 12.8 Å². The van der Waals surface area contributed by atoms with Crippen LogP contribution in [-0.2, 0) is 11.2 Å². The van der Waals surface area contributed by atoms with E-state index in [1.807, 2.05) is 29.3 Å². The molecule has 0 fully saturated rings. The molecule has 2 heterocycles. The van der Waals surface area contributed by atoms with Crippen LogP contribution in [-0.4, -0.2) is 28.4 Å². The van der Waals surface area contributed by atoms with Gasteiger partial charge < -0.3 is 9.88 Å². The minimum atomic E-state index is 0.228. The molecule has 2 aromatic rings. The van der Waals surface area contributed by atoms with Crippen LogP contribution < -0.4 is 0 Å². The molecule has 1 aromatic carbocycles. The van der Waals surface area contributed by atoms with E-state index < -0.39 is 0 Å². The number of aromatic amines is 1. The highest BCUT2D eigenvalue weighted by molar-refractivity contribution is 5.89. The van der Waals surface area contributed by atoms with Crippen LogP contribution in [0.25, 0.3) is 10.9 Å². The Morgan fingerprint density at radius 1 is 1.38 bits per heavy atom. The van der Waals surface area contributed by atoms with Crippen LogP contribution >= 0.6 is 0 Å². The number of rotatable bonds is 5. The number of nitrogens with one attached hydrogen (secondary N) is 1. The number of carbonyl (C=O) groups excluding carboxylic acids is 1. The lowest BCUT2D eigenvalue weighted by Gasteiger charge is -2.24. The molecule has 1 unspecified atom stereocenters. The summed E-state index contributed by atoms with van der Waals surface area (Å²) in [4.78, 5) is 17.9. The van der Waals surface area contributed by atoms with Gasteiger partial charge in [0.1, 0.15) is 0 Å². The van der Waals surface area contributed by atoms with Crippen LogP contribution in [0.15, 0.2) is 42.6 Å². The molecule has 1 atom stereocenters. The molecule has 110 valence electrons. The average Bonchev–Trinajstić information content (AvgIpc) is 3.12. The van der Waals surface area contributed by atoms with Crippen molar-refractivity contribution in [3.8, 4) is 0 Å². The molecular formula is C18H22N2O. The summed E-state index contributed by atoms with van der Waals surface area (Å²) in [6.45, 7) is 2.95. The Hall–Kier alpha value is -2.03. The Morgan fingerprint density at radius 3 is 3.10 bits per heavy atom. The summed E-state index contributed by atoms with van der Waals surface area (Å²) >= 11 is 0.